The van der Waals surface area contributed by atoms with Crippen molar-refractivity contribution in [3.63, 3.8) is 0 Å². The molecule has 0 aromatic heterocycles. The van der Waals surface area contributed by atoms with Gasteiger partial charge in [-0.3, -0.25) is 0 Å². The molecule has 0 radical (unpaired) electrons. The lowest BCUT2D eigenvalue weighted by Crippen LogP contribution is -2.30. The molecule has 2 atom stereocenters. The van der Waals surface area contributed by atoms with Crippen LogP contribution in [0.2, 0.25) is 0 Å². The lowest BCUT2D eigenvalue weighted by Gasteiger charge is -2.24. The largest absolute Gasteiger partial charge is 0.388 e. The Morgan fingerprint density at radius 1 is 1.21 bits per heavy atom. The van der Waals surface area contributed by atoms with Crippen LogP contribution < -0.4 is 8.91 Å². The van der Waals surface area contributed by atoms with Crippen molar-refractivity contribution in [2.75, 3.05) is 0 Å². The van der Waals surface area contributed by atoms with Gasteiger partial charge in [-0.15, -0.1) is 0 Å². The number of hydrogen-bond acceptors (Lipinski definition) is 2. The lowest BCUT2D eigenvalue weighted by molar-refractivity contribution is 0.501. The molecule has 2 aromatic rings. The van der Waals surface area contributed by atoms with E-state index < -0.39 is 11.3 Å². The van der Waals surface area contributed by atoms with Gasteiger partial charge in [0.15, 0.2) is 5.75 Å². The Balaban J connectivity index is 2.15. The fourth-order valence-corrected chi connectivity index (χ4v) is 2.95. The van der Waals surface area contributed by atoms with Gasteiger partial charge in [-0.2, -0.15) is 8.93 Å². The molecule has 98 valence electrons. The minimum Gasteiger partial charge on any atom is -0.388 e. The summed E-state index contributed by atoms with van der Waals surface area (Å²) in [4.78, 5) is 0. The Hall–Kier alpha value is -1.72. The van der Waals surface area contributed by atoms with Crippen molar-refractivity contribution in [1.29, 1.82) is 0 Å². The first-order valence-corrected chi connectivity index (χ1v) is 6.98. The van der Waals surface area contributed by atoms with Crippen LogP contribution in [0.4, 0.5) is 4.39 Å². The van der Waals surface area contributed by atoms with E-state index in [0.29, 0.717) is 5.75 Å². The summed E-state index contributed by atoms with van der Waals surface area (Å²) in [7, 11) is 0. The number of rotatable bonds is 1. The Morgan fingerprint density at radius 3 is 2.68 bits per heavy atom. The van der Waals surface area contributed by atoms with Crippen LogP contribution in [0.1, 0.15) is 18.5 Å². The molecular formula is C14H12FNO2S. The van der Waals surface area contributed by atoms with Crippen molar-refractivity contribution >= 4 is 11.3 Å². The van der Waals surface area contributed by atoms with Gasteiger partial charge in [0.05, 0.1) is 0 Å². The standard InChI is InChI=1S/C14H12FNO2S/c1-9-12-3-2-4-13(14(12)18-19(17)16-9)10-5-7-11(15)8-6-10/h2-9,16H,1H3. The molecule has 0 spiro atoms. The molecule has 19 heavy (non-hydrogen) atoms. The van der Waals surface area contributed by atoms with E-state index >= 15 is 0 Å². The Morgan fingerprint density at radius 2 is 1.95 bits per heavy atom. The number of para-hydroxylation sites is 1. The molecule has 1 N–H and O–H groups in total. The fourth-order valence-electron chi connectivity index (χ4n) is 2.15. The summed E-state index contributed by atoms with van der Waals surface area (Å²) in [5, 5.41) is 0. The zero-order valence-corrected chi connectivity index (χ0v) is 11.0. The first kappa shape index (κ1) is 12.3. The van der Waals surface area contributed by atoms with Crippen molar-refractivity contribution in [3.8, 4) is 16.9 Å². The van der Waals surface area contributed by atoms with Crippen LogP contribution in [0, 0.1) is 5.82 Å². The van der Waals surface area contributed by atoms with Gasteiger partial charge in [-0.1, -0.05) is 30.3 Å². The molecule has 5 heteroatoms. The third-order valence-electron chi connectivity index (χ3n) is 3.10. The SMILES string of the molecule is CC1NS(=O)Oc2c(-c3ccc(F)cc3)cccc21. The van der Waals surface area contributed by atoms with Crippen molar-refractivity contribution in [3.05, 3.63) is 53.8 Å². The molecule has 0 fully saturated rings. The predicted molar refractivity (Wildman–Crippen MR) is 72.2 cm³/mol. The summed E-state index contributed by atoms with van der Waals surface area (Å²) in [5.41, 5.74) is 2.60. The van der Waals surface area contributed by atoms with Crippen molar-refractivity contribution in [1.82, 2.24) is 4.72 Å². The van der Waals surface area contributed by atoms with E-state index in [4.69, 9.17) is 4.18 Å². The summed E-state index contributed by atoms with van der Waals surface area (Å²) >= 11 is -1.54. The quantitative estimate of drug-likeness (QED) is 0.869. The zero-order valence-electron chi connectivity index (χ0n) is 10.2. The first-order valence-electron chi connectivity index (χ1n) is 5.90. The minimum atomic E-state index is -1.54. The first-order chi connectivity index (χ1) is 9.15. The number of benzene rings is 2. The van der Waals surface area contributed by atoms with Crippen LogP contribution in [0.3, 0.4) is 0 Å². The van der Waals surface area contributed by atoms with E-state index in [-0.39, 0.29) is 11.9 Å². The van der Waals surface area contributed by atoms with Gasteiger partial charge in [0.25, 0.3) is 11.3 Å². The highest BCUT2D eigenvalue weighted by atomic mass is 32.2. The van der Waals surface area contributed by atoms with E-state index in [1.54, 1.807) is 12.1 Å². The lowest BCUT2D eigenvalue weighted by atomic mass is 9.98. The third-order valence-corrected chi connectivity index (χ3v) is 3.96. The topological polar surface area (TPSA) is 38.3 Å². The van der Waals surface area contributed by atoms with Crippen molar-refractivity contribution in [2.24, 2.45) is 0 Å². The van der Waals surface area contributed by atoms with Crippen LogP contribution in [-0.2, 0) is 11.3 Å². The number of fused-ring (bicyclic) bond motifs is 1. The Bertz CT molecular complexity index is 642. The molecule has 2 aromatic carbocycles. The highest BCUT2D eigenvalue weighted by molar-refractivity contribution is 7.78. The van der Waals surface area contributed by atoms with Crippen LogP contribution in [0.25, 0.3) is 11.1 Å². The van der Waals surface area contributed by atoms with Crippen LogP contribution in [-0.4, -0.2) is 4.21 Å². The van der Waals surface area contributed by atoms with Gasteiger partial charge in [-0.05, 0) is 24.6 Å². The van der Waals surface area contributed by atoms with E-state index in [9.17, 15) is 8.60 Å². The molecule has 2 unspecified atom stereocenters. The molecule has 3 rings (SSSR count). The maximum atomic E-state index is 13.0. The average Bonchev–Trinajstić information content (AvgIpc) is 2.39. The normalized spacial score (nSPS) is 21.6. The molecule has 1 aliphatic heterocycles. The van der Waals surface area contributed by atoms with Gasteiger partial charge < -0.3 is 4.18 Å². The van der Waals surface area contributed by atoms with Crippen molar-refractivity contribution in [2.45, 2.75) is 13.0 Å². The number of nitrogens with one attached hydrogen (secondary N) is 1. The second-order valence-electron chi connectivity index (χ2n) is 4.39. The summed E-state index contributed by atoms with van der Waals surface area (Å²) < 4.78 is 32.8. The summed E-state index contributed by atoms with van der Waals surface area (Å²) in [6, 6.07) is 11.8. The summed E-state index contributed by atoms with van der Waals surface area (Å²) in [6.45, 7) is 1.92. The summed E-state index contributed by atoms with van der Waals surface area (Å²) in [5.74, 6) is 0.312. The van der Waals surface area contributed by atoms with E-state index in [0.717, 1.165) is 16.7 Å². The van der Waals surface area contributed by atoms with Crippen molar-refractivity contribution < 1.29 is 12.8 Å². The third kappa shape index (κ3) is 2.27. The molecule has 1 heterocycles. The predicted octanol–water partition coefficient (Wildman–Crippen LogP) is 3.11. The highest BCUT2D eigenvalue weighted by Crippen LogP contribution is 2.38. The van der Waals surface area contributed by atoms with Gasteiger partial charge in [-0.25, -0.2) is 4.39 Å². The molecule has 0 aliphatic carbocycles. The van der Waals surface area contributed by atoms with Gasteiger partial charge in [0, 0.05) is 17.2 Å². The second kappa shape index (κ2) is 4.75. The molecule has 0 amide bonds. The average molecular weight is 277 g/mol. The van der Waals surface area contributed by atoms with Gasteiger partial charge in [0.2, 0.25) is 0 Å². The van der Waals surface area contributed by atoms with Crippen LogP contribution in [0.15, 0.2) is 42.5 Å². The van der Waals surface area contributed by atoms with E-state index in [2.05, 4.69) is 4.72 Å². The van der Waals surface area contributed by atoms with Crippen LogP contribution >= 0.6 is 0 Å². The molecule has 3 nitrogen and oxygen atoms in total. The van der Waals surface area contributed by atoms with E-state index in [1.807, 2.05) is 25.1 Å². The minimum absolute atomic E-state index is 0.0509. The Labute approximate surface area is 113 Å². The van der Waals surface area contributed by atoms with E-state index in [1.165, 1.54) is 12.1 Å². The fraction of sp³-hybridized carbons (Fsp3) is 0.143. The van der Waals surface area contributed by atoms with Gasteiger partial charge >= 0.3 is 0 Å². The molecule has 1 aliphatic rings. The molecule has 0 saturated heterocycles. The molecule has 0 bridgehead atoms. The molecular weight excluding hydrogens is 265 g/mol. The maximum absolute atomic E-state index is 13.0. The zero-order chi connectivity index (χ0) is 13.4. The number of hydrogen-bond donors (Lipinski definition) is 1. The number of halogens is 1. The van der Waals surface area contributed by atoms with Crippen LogP contribution in [0.5, 0.6) is 5.75 Å². The smallest absolute Gasteiger partial charge is 0.288 e. The second-order valence-corrected chi connectivity index (χ2v) is 5.26. The maximum Gasteiger partial charge on any atom is 0.288 e. The highest BCUT2D eigenvalue weighted by Gasteiger charge is 2.24. The summed E-state index contributed by atoms with van der Waals surface area (Å²) in [6.07, 6.45) is 0. The van der Waals surface area contributed by atoms with Gasteiger partial charge in [0.1, 0.15) is 5.82 Å². The Kier molecular flexibility index (Phi) is 3.08. The monoisotopic (exact) mass is 277 g/mol. The molecule has 0 saturated carbocycles.